The highest BCUT2D eigenvalue weighted by molar-refractivity contribution is 5.64. The van der Waals surface area contributed by atoms with Crippen LogP contribution >= 0.6 is 0 Å². The standard InChI is InChI=1S/C19H24N2O/c1-11-13-9-21-7-6-19-15-4-2-3-5-16(15)20-18(19)14(10-22-11)12(13)8-17(19)21/h2-5,11-14,17-18,20H,6-10H2,1H3. The number of hydrogen-bond acceptors (Lipinski definition) is 3. The van der Waals surface area contributed by atoms with E-state index in [1.807, 2.05) is 0 Å². The van der Waals surface area contributed by atoms with Gasteiger partial charge in [0.1, 0.15) is 0 Å². The highest BCUT2D eigenvalue weighted by Gasteiger charge is 2.67. The molecule has 0 amide bonds. The number of nitrogens with zero attached hydrogens (tertiary/aromatic N) is 1. The molecule has 22 heavy (non-hydrogen) atoms. The van der Waals surface area contributed by atoms with Crippen molar-refractivity contribution in [1.82, 2.24) is 4.90 Å². The molecule has 1 spiro atoms. The van der Waals surface area contributed by atoms with Crippen LogP contribution in [0.5, 0.6) is 0 Å². The maximum absolute atomic E-state index is 6.24. The maximum atomic E-state index is 6.24. The van der Waals surface area contributed by atoms with Crippen LogP contribution in [-0.2, 0) is 10.2 Å². The highest BCUT2D eigenvalue weighted by Crippen LogP contribution is 2.62. The van der Waals surface area contributed by atoms with E-state index in [9.17, 15) is 0 Å². The van der Waals surface area contributed by atoms with E-state index in [0.717, 1.165) is 24.5 Å². The lowest BCUT2D eigenvalue weighted by molar-refractivity contribution is -0.148. The van der Waals surface area contributed by atoms with Gasteiger partial charge in [0.2, 0.25) is 0 Å². The Kier molecular flexibility index (Phi) is 2.18. The third kappa shape index (κ3) is 1.21. The molecule has 1 aromatic rings. The number of hydrogen-bond donors (Lipinski definition) is 1. The molecular weight excluding hydrogens is 272 g/mol. The summed E-state index contributed by atoms with van der Waals surface area (Å²) in [7, 11) is 0. The summed E-state index contributed by atoms with van der Waals surface area (Å²) in [5.41, 5.74) is 3.35. The van der Waals surface area contributed by atoms with Gasteiger partial charge in [-0.1, -0.05) is 18.2 Å². The lowest BCUT2D eigenvalue weighted by Gasteiger charge is -2.59. The third-order valence-electron chi connectivity index (χ3n) is 7.77. The van der Waals surface area contributed by atoms with Crippen molar-refractivity contribution in [1.29, 1.82) is 0 Å². The number of nitrogens with one attached hydrogen (secondary N) is 1. The van der Waals surface area contributed by atoms with Gasteiger partial charge >= 0.3 is 0 Å². The van der Waals surface area contributed by atoms with E-state index < -0.39 is 0 Å². The monoisotopic (exact) mass is 296 g/mol. The summed E-state index contributed by atoms with van der Waals surface area (Å²) < 4.78 is 6.24. The summed E-state index contributed by atoms with van der Waals surface area (Å²) in [5, 5.41) is 3.95. The predicted molar refractivity (Wildman–Crippen MR) is 86.0 cm³/mol. The van der Waals surface area contributed by atoms with E-state index in [0.29, 0.717) is 23.5 Å². The average molecular weight is 296 g/mol. The zero-order valence-corrected chi connectivity index (χ0v) is 13.2. The van der Waals surface area contributed by atoms with Gasteiger partial charge in [-0.05, 0) is 43.9 Å². The molecule has 1 aliphatic carbocycles. The van der Waals surface area contributed by atoms with Crippen LogP contribution in [-0.4, -0.2) is 42.8 Å². The van der Waals surface area contributed by atoms with Crippen LogP contribution in [0.2, 0.25) is 0 Å². The molecule has 0 aromatic heterocycles. The fourth-order valence-corrected chi connectivity index (χ4v) is 6.88. The Balaban J connectivity index is 1.56. The number of fused-ring (bicyclic) bond motifs is 2. The highest BCUT2D eigenvalue weighted by atomic mass is 16.5. The van der Waals surface area contributed by atoms with Crippen LogP contribution in [0, 0.1) is 17.8 Å². The Morgan fingerprint density at radius 1 is 1.23 bits per heavy atom. The second-order valence-electron chi connectivity index (χ2n) is 8.23. The minimum Gasteiger partial charge on any atom is -0.381 e. The molecule has 0 radical (unpaired) electrons. The van der Waals surface area contributed by atoms with Gasteiger partial charge in [-0.3, -0.25) is 4.90 Å². The molecule has 1 aromatic carbocycles. The first-order valence-electron chi connectivity index (χ1n) is 9.01. The molecule has 5 aliphatic rings. The van der Waals surface area contributed by atoms with Gasteiger partial charge in [0, 0.05) is 41.6 Å². The number of ether oxygens (including phenoxy) is 1. The third-order valence-corrected chi connectivity index (χ3v) is 7.77. The SMILES string of the molecule is CC1OCC2C3CC4N(CCC45c4ccccc4NC25)CC13. The van der Waals surface area contributed by atoms with E-state index >= 15 is 0 Å². The Bertz CT molecular complexity index is 646. The second-order valence-corrected chi connectivity index (χ2v) is 8.23. The Labute approximate surface area is 132 Å². The number of para-hydroxylation sites is 1. The van der Waals surface area contributed by atoms with Crippen LogP contribution in [0.3, 0.4) is 0 Å². The van der Waals surface area contributed by atoms with Crippen molar-refractivity contribution in [3.8, 4) is 0 Å². The topological polar surface area (TPSA) is 24.5 Å². The van der Waals surface area contributed by atoms with Gasteiger partial charge in [-0.25, -0.2) is 0 Å². The van der Waals surface area contributed by atoms with E-state index in [-0.39, 0.29) is 0 Å². The summed E-state index contributed by atoms with van der Waals surface area (Å²) in [5.74, 6) is 2.31. The number of anilines is 1. The van der Waals surface area contributed by atoms with Gasteiger partial charge in [0.15, 0.2) is 0 Å². The summed E-state index contributed by atoms with van der Waals surface area (Å²) in [6.45, 7) is 5.81. The summed E-state index contributed by atoms with van der Waals surface area (Å²) in [6, 6.07) is 10.5. The molecule has 7 atom stereocenters. The van der Waals surface area contributed by atoms with Crippen molar-refractivity contribution < 1.29 is 4.74 Å². The van der Waals surface area contributed by atoms with Crippen molar-refractivity contribution >= 4 is 5.69 Å². The molecule has 1 saturated carbocycles. The molecule has 116 valence electrons. The van der Waals surface area contributed by atoms with E-state index in [1.165, 1.54) is 31.6 Å². The molecule has 4 heterocycles. The molecular formula is C19H24N2O. The van der Waals surface area contributed by atoms with Crippen molar-refractivity contribution in [3.05, 3.63) is 29.8 Å². The fourth-order valence-electron chi connectivity index (χ4n) is 6.88. The number of piperidine rings is 1. The van der Waals surface area contributed by atoms with E-state index in [1.54, 1.807) is 5.56 Å². The van der Waals surface area contributed by atoms with E-state index in [4.69, 9.17) is 4.74 Å². The first kappa shape index (κ1) is 12.4. The molecule has 2 bridgehead atoms. The van der Waals surface area contributed by atoms with Gasteiger partial charge < -0.3 is 10.1 Å². The Morgan fingerprint density at radius 2 is 2.14 bits per heavy atom. The average Bonchev–Trinajstić information content (AvgIpc) is 3.09. The molecule has 4 aliphatic heterocycles. The Hall–Kier alpha value is -1.06. The summed E-state index contributed by atoms with van der Waals surface area (Å²) >= 11 is 0. The van der Waals surface area contributed by atoms with Gasteiger partial charge in [0.05, 0.1) is 12.7 Å². The smallest absolute Gasteiger partial charge is 0.0590 e. The molecule has 7 unspecified atom stereocenters. The zero-order chi connectivity index (χ0) is 14.5. The van der Waals surface area contributed by atoms with Crippen molar-refractivity contribution in [2.24, 2.45) is 17.8 Å². The molecule has 6 rings (SSSR count). The van der Waals surface area contributed by atoms with Crippen LogP contribution in [0.15, 0.2) is 24.3 Å². The Morgan fingerprint density at radius 3 is 3.09 bits per heavy atom. The summed E-state index contributed by atoms with van der Waals surface area (Å²) in [6.07, 6.45) is 3.17. The lowest BCUT2D eigenvalue weighted by atomic mass is 9.53. The van der Waals surface area contributed by atoms with Crippen molar-refractivity contribution in [2.45, 2.75) is 43.4 Å². The van der Waals surface area contributed by atoms with Crippen LogP contribution < -0.4 is 5.32 Å². The normalized spacial score (nSPS) is 51.1. The number of benzene rings is 1. The van der Waals surface area contributed by atoms with Crippen molar-refractivity contribution in [3.63, 3.8) is 0 Å². The first-order valence-corrected chi connectivity index (χ1v) is 9.01. The predicted octanol–water partition coefficient (Wildman–Crippen LogP) is 2.48. The second kappa shape index (κ2) is 3.88. The largest absolute Gasteiger partial charge is 0.381 e. The van der Waals surface area contributed by atoms with Gasteiger partial charge in [-0.2, -0.15) is 0 Å². The molecule has 4 fully saturated rings. The van der Waals surface area contributed by atoms with Crippen molar-refractivity contribution in [2.75, 3.05) is 25.0 Å². The fraction of sp³-hybridized carbons (Fsp3) is 0.684. The van der Waals surface area contributed by atoms with Crippen LogP contribution in [0.25, 0.3) is 0 Å². The van der Waals surface area contributed by atoms with Gasteiger partial charge in [-0.15, -0.1) is 0 Å². The quantitative estimate of drug-likeness (QED) is 0.796. The number of rotatable bonds is 0. The molecule has 3 saturated heterocycles. The van der Waals surface area contributed by atoms with Crippen LogP contribution in [0.1, 0.15) is 25.3 Å². The minimum atomic E-state index is 0.354. The zero-order valence-electron chi connectivity index (χ0n) is 13.2. The molecule has 3 nitrogen and oxygen atoms in total. The summed E-state index contributed by atoms with van der Waals surface area (Å²) in [4.78, 5) is 2.80. The molecule has 1 N–H and O–H groups in total. The lowest BCUT2D eigenvalue weighted by Crippen LogP contribution is -2.67. The first-order chi connectivity index (χ1) is 10.8. The minimum absolute atomic E-state index is 0.354. The van der Waals surface area contributed by atoms with E-state index in [2.05, 4.69) is 41.4 Å². The maximum Gasteiger partial charge on any atom is 0.0590 e. The van der Waals surface area contributed by atoms with Crippen LogP contribution in [0.4, 0.5) is 5.69 Å². The van der Waals surface area contributed by atoms with Gasteiger partial charge in [0.25, 0.3) is 0 Å². The molecule has 3 heteroatoms.